The molecule has 0 unspecified atom stereocenters. The first-order valence-electron chi connectivity index (χ1n) is 8.58. The molecule has 0 amide bonds. The quantitative estimate of drug-likeness (QED) is 0.604. The van der Waals surface area contributed by atoms with Gasteiger partial charge in [0.1, 0.15) is 6.23 Å². The Morgan fingerprint density at radius 2 is 1.23 bits per heavy atom. The minimum atomic E-state index is -2.77. The van der Waals surface area contributed by atoms with Crippen molar-refractivity contribution in [3.05, 3.63) is 0 Å². The molecule has 1 saturated heterocycles. The lowest BCUT2D eigenvalue weighted by atomic mass is 9.82. The highest BCUT2D eigenvalue weighted by Gasteiger charge is 2.47. The maximum atomic E-state index is 6.26. The van der Waals surface area contributed by atoms with Crippen molar-refractivity contribution >= 4 is 8.80 Å². The zero-order valence-corrected chi connectivity index (χ0v) is 16.5. The molecule has 1 aliphatic heterocycles. The molecule has 0 aromatic carbocycles. The fraction of sp³-hybridized carbons (Fsp3) is 1.00. The SMILES string of the molecule is CCO[Si](CON1C(C)(C)CCCC1(C)C)(OCC)OCC. The Kier molecular flexibility index (Phi) is 7.49. The molecule has 0 saturated carbocycles. The first-order chi connectivity index (χ1) is 10.2. The van der Waals surface area contributed by atoms with Crippen molar-refractivity contribution in [1.82, 2.24) is 5.06 Å². The summed E-state index contributed by atoms with van der Waals surface area (Å²) in [4.78, 5) is 6.26. The highest BCUT2D eigenvalue weighted by Crippen LogP contribution is 2.38. The molecular formula is C16H35NO4Si. The Morgan fingerprint density at radius 1 is 0.818 bits per heavy atom. The number of piperidine rings is 1. The molecule has 1 heterocycles. The van der Waals surface area contributed by atoms with Gasteiger partial charge in [-0.25, -0.2) is 0 Å². The number of hydrogen-bond acceptors (Lipinski definition) is 5. The molecule has 1 fully saturated rings. The number of hydroxylamine groups is 2. The summed E-state index contributed by atoms with van der Waals surface area (Å²) in [5, 5.41) is 2.14. The van der Waals surface area contributed by atoms with Crippen LogP contribution in [-0.4, -0.2) is 51.0 Å². The molecule has 1 aliphatic rings. The van der Waals surface area contributed by atoms with E-state index in [2.05, 4.69) is 32.8 Å². The zero-order valence-electron chi connectivity index (χ0n) is 15.5. The van der Waals surface area contributed by atoms with Gasteiger partial charge in [-0.05, 0) is 67.7 Å². The van der Waals surface area contributed by atoms with E-state index in [1.165, 1.54) is 6.42 Å². The number of hydrogen-bond donors (Lipinski definition) is 0. The third kappa shape index (κ3) is 5.01. The summed E-state index contributed by atoms with van der Waals surface area (Å²) in [6, 6.07) is 0. The molecule has 0 spiro atoms. The van der Waals surface area contributed by atoms with Crippen molar-refractivity contribution < 1.29 is 18.1 Å². The molecule has 0 aromatic rings. The lowest BCUT2D eigenvalue weighted by Crippen LogP contribution is -2.61. The highest BCUT2D eigenvalue weighted by molar-refractivity contribution is 6.60. The lowest BCUT2D eigenvalue weighted by Gasteiger charge is -2.51. The smallest absolute Gasteiger partial charge is 0.372 e. The van der Waals surface area contributed by atoms with Crippen LogP contribution in [0.2, 0.25) is 0 Å². The Bertz CT molecular complexity index is 303. The van der Waals surface area contributed by atoms with Gasteiger partial charge < -0.3 is 13.3 Å². The Hall–Kier alpha value is 0.0169. The predicted octanol–water partition coefficient (Wildman–Crippen LogP) is 3.55. The van der Waals surface area contributed by atoms with Crippen LogP contribution in [-0.2, 0) is 18.1 Å². The Labute approximate surface area is 137 Å². The molecule has 0 aliphatic carbocycles. The van der Waals surface area contributed by atoms with E-state index in [0.29, 0.717) is 26.1 Å². The van der Waals surface area contributed by atoms with Crippen molar-refractivity contribution in [2.45, 2.75) is 78.8 Å². The molecule has 0 aromatic heterocycles. The van der Waals surface area contributed by atoms with E-state index in [0.717, 1.165) is 12.8 Å². The lowest BCUT2D eigenvalue weighted by molar-refractivity contribution is -0.276. The topological polar surface area (TPSA) is 40.2 Å². The molecule has 0 bridgehead atoms. The summed E-state index contributed by atoms with van der Waals surface area (Å²) < 4.78 is 17.6. The maximum absolute atomic E-state index is 6.26. The molecule has 0 radical (unpaired) electrons. The zero-order chi connectivity index (χ0) is 16.9. The normalized spacial score (nSPS) is 22.0. The summed E-state index contributed by atoms with van der Waals surface area (Å²) in [7, 11) is -2.77. The summed E-state index contributed by atoms with van der Waals surface area (Å²) >= 11 is 0. The van der Waals surface area contributed by atoms with E-state index in [1.54, 1.807) is 0 Å². The average molecular weight is 334 g/mol. The minimum Gasteiger partial charge on any atom is -0.372 e. The van der Waals surface area contributed by atoms with Crippen LogP contribution in [0, 0.1) is 0 Å². The van der Waals surface area contributed by atoms with Gasteiger partial charge in [-0.3, -0.25) is 4.84 Å². The molecule has 0 atom stereocenters. The Balaban J connectivity index is 2.84. The minimum absolute atomic E-state index is 0.00648. The summed E-state index contributed by atoms with van der Waals surface area (Å²) in [6.45, 7) is 16.6. The van der Waals surface area contributed by atoms with Crippen LogP contribution in [0.4, 0.5) is 0 Å². The van der Waals surface area contributed by atoms with Crippen LogP contribution in [0.1, 0.15) is 67.7 Å². The summed E-state index contributed by atoms with van der Waals surface area (Å²) in [5.74, 6) is 0. The highest BCUT2D eigenvalue weighted by atomic mass is 28.4. The second kappa shape index (κ2) is 8.21. The van der Waals surface area contributed by atoms with Gasteiger partial charge in [0.05, 0.1) is 0 Å². The van der Waals surface area contributed by atoms with Crippen molar-refractivity contribution in [2.24, 2.45) is 0 Å². The second-order valence-electron chi connectivity index (χ2n) is 7.03. The van der Waals surface area contributed by atoms with Gasteiger partial charge >= 0.3 is 8.80 Å². The molecular weight excluding hydrogens is 298 g/mol. The molecule has 0 N–H and O–H groups in total. The van der Waals surface area contributed by atoms with E-state index in [9.17, 15) is 0 Å². The van der Waals surface area contributed by atoms with Crippen molar-refractivity contribution in [2.75, 3.05) is 26.1 Å². The van der Waals surface area contributed by atoms with Crippen LogP contribution in [0.5, 0.6) is 0 Å². The van der Waals surface area contributed by atoms with Gasteiger partial charge in [0.15, 0.2) is 0 Å². The Morgan fingerprint density at radius 3 is 1.59 bits per heavy atom. The van der Waals surface area contributed by atoms with Crippen LogP contribution < -0.4 is 0 Å². The fourth-order valence-corrected chi connectivity index (χ4v) is 5.49. The summed E-state index contributed by atoms with van der Waals surface area (Å²) in [5.41, 5.74) is 0.0130. The number of rotatable bonds is 9. The van der Waals surface area contributed by atoms with E-state index < -0.39 is 8.80 Å². The van der Waals surface area contributed by atoms with Gasteiger partial charge in [-0.1, -0.05) is 0 Å². The third-order valence-corrected chi connectivity index (χ3v) is 6.81. The standard InChI is InChI=1S/C16H35NO4Si/c1-8-19-22(20-9-2,21-10-3)14-18-17-15(4,5)12-11-13-16(17,6)7/h8-14H2,1-7H3. The van der Waals surface area contributed by atoms with E-state index in [1.807, 2.05) is 20.8 Å². The summed E-state index contributed by atoms with van der Waals surface area (Å²) in [6.07, 6.45) is 3.85. The van der Waals surface area contributed by atoms with Crippen molar-refractivity contribution in [3.8, 4) is 0 Å². The van der Waals surface area contributed by atoms with Gasteiger partial charge in [-0.15, -0.1) is 0 Å². The van der Waals surface area contributed by atoms with Crippen LogP contribution >= 0.6 is 0 Å². The largest absolute Gasteiger partial charge is 0.530 e. The van der Waals surface area contributed by atoms with E-state index in [4.69, 9.17) is 18.1 Å². The van der Waals surface area contributed by atoms with E-state index >= 15 is 0 Å². The molecule has 22 heavy (non-hydrogen) atoms. The first kappa shape index (κ1) is 20.1. The van der Waals surface area contributed by atoms with Crippen LogP contribution in [0.3, 0.4) is 0 Å². The first-order valence-corrected chi connectivity index (χ1v) is 10.5. The number of nitrogens with zero attached hydrogens (tertiary/aromatic N) is 1. The predicted molar refractivity (Wildman–Crippen MR) is 90.4 cm³/mol. The molecule has 5 nitrogen and oxygen atoms in total. The monoisotopic (exact) mass is 333 g/mol. The third-order valence-electron chi connectivity index (χ3n) is 4.14. The second-order valence-corrected chi connectivity index (χ2v) is 9.55. The van der Waals surface area contributed by atoms with E-state index in [-0.39, 0.29) is 11.1 Å². The molecule has 6 heteroatoms. The molecule has 132 valence electrons. The average Bonchev–Trinajstić information content (AvgIpc) is 2.37. The fourth-order valence-electron chi connectivity index (χ4n) is 3.38. The van der Waals surface area contributed by atoms with Crippen LogP contribution in [0.15, 0.2) is 0 Å². The van der Waals surface area contributed by atoms with Crippen molar-refractivity contribution in [3.63, 3.8) is 0 Å². The van der Waals surface area contributed by atoms with Gasteiger partial charge in [0.2, 0.25) is 0 Å². The van der Waals surface area contributed by atoms with Crippen LogP contribution in [0.25, 0.3) is 0 Å². The van der Waals surface area contributed by atoms with Gasteiger partial charge in [0, 0.05) is 30.9 Å². The van der Waals surface area contributed by atoms with Gasteiger partial charge in [0.25, 0.3) is 0 Å². The molecule has 1 rings (SSSR count). The van der Waals surface area contributed by atoms with Crippen molar-refractivity contribution in [1.29, 1.82) is 0 Å². The maximum Gasteiger partial charge on any atom is 0.530 e. The van der Waals surface area contributed by atoms with Gasteiger partial charge in [-0.2, -0.15) is 5.06 Å².